The van der Waals surface area contributed by atoms with E-state index < -0.39 is 6.10 Å². The fraction of sp³-hybridized carbons (Fsp3) is 0.533. The van der Waals surface area contributed by atoms with E-state index in [0.29, 0.717) is 25.2 Å². The van der Waals surface area contributed by atoms with E-state index in [9.17, 15) is 9.90 Å². The number of aliphatic hydroxyl groups excluding tert-OH is 1. The van der Waals surface area contributed by atoms with Gasteiger partial charge in [-0.2, -0.15) is 5.26 Å². The number of nitrogens with one attached hydrogen (secondary N) is 1. The molecule has 3 rings (SSSR count). The van der Waals surface area contributed by atoms with E-state index in [0.717, 1.165) is 12.8 Å². The Morgan fingerprint density at radius 3 is 2.95 bits per heavy atom. The summed E-state index contributed by atoms with van der Waals surface area (Å²) in [6.45, 7) is 1.22. The Hall–Kier alpha value is -1.97. The second-order valence-electron chi connectivity index (χ2n) is 5.66. The zero-order valence-electron chi connectivity index (χ0n) is 11.6. The van der Waals surface area contributed by atoms with Crippen LogP contribution < -0.4 is 5.32 Å². The molecular formula is C15H17N3O3. The van der Waals surface area contributed by atoms with Gasteiger partial charge in [0.15, 0.2) is 0 Å². The third kappa shape index (κ3) is 2.28. The average molecular weight is 287 g/mol. The summed E-state index contributed by atoms with van der Waals surface area (Å²) in [5.41, 5.74) is 0.315. The molecule has 1 amide bonds. The normalized spacial score (nSPS) is 26.7. The topological polar surface area (TPSA) is 95.2 Å². The van der Waals surface area contributed by atoms with E-state index in [1.807, 2.05) is 6.07 Å². The van der Waals surface area contributed by atoms with Gasteiger partial charge in [-0.05, 0) is 25.3 Å². The molecule has 0 unspecified atom stereocenters. The number of ether oxygens (including phenoxy) is 1. The molecule has 1 aromatic heterocycles. The number of carbonyl (C=O) groups excluding carboxylic acids is 1. The van der Waals surface area contributed by atoms with Crippen molar-refractivity contribution < 1.29 is 14.6 Å². The first-order valence-electron chi connectivity index (χ1n) is 7.08. The van der Waals surface area contributed by atoms with E-state index >= 15 is 0 Å². The Kier molecular flexibility index (Phi) is 3.62. The standard InChI is InChI=1S/C15H17N3O3/c16-8-10-1-4-17-9-11(10)14(20)18-12-7-13(19)15(12)2-5-21-6-3-15/h1,4,9,12-13,19H,2-3,5-7H2,(H,18,20)/t12-,13-/m1/s1. The summed E-state index contributed by atoms with van der Waals surface area (Å²) in [5, 5.41) is 22.1. The molecule has 0 aromatic carbocycles. The van der Waals surface area contributed by atoms with E-state index in [1.165, 1.54) is 18.5 Å². The molecule has 6 nitrogen and oxygen atoms in total. The van der Waals surface area contributed by atoms with Crippen molar-refractivity contribution in [1.82, 2.24) is 10.3 Å². The minimum absolute atomic E-state index is 0.0735. The average Bonchev–Trinajstić information content (AvgIpc) is 2.55. The molecule has 1 aromatic rings. The molecule has 0 radical (unpaired) electrons. The monoisotopic (exact) mass is 287 g/mol. The first-order chi connectivity index (χ1) is 10.2. The Morgan fingerprint density at radius 1 is 1.52 bits per heavy atom. The quantitative estimate of drug-likeness (QED) is 0.831. The fourth-order valence-corrected chi connectivity index (χ4v) is 3.31. The second-order valence-corrected chi connectivity index (χ2v) is 5.66. The second kappa shape index (κ2) is 5.43. The van der Waals surface area contributed by atoms with Gasteiger partial charge < -0.3 is 15.2 Å². The summed E-state index contributed by atoms with van der Waals surface area (Å²) in [7, 11) is 0. The van der Waals surface area contributed by atoms with Crippen LogP contribution in [0.25, 0.3) is 0 Å². The molecule has 1 aliphatic heterocycles. The molecule has 1 saturated heterocycles. The Balaban J connectivity index is 1.75. The third-order valence-corrected chi connectivity index (χ3v) is 4.73. The van der Waals surface area contributed by atoms with Crippen molar-refractivity contribution in [2.45, 2.75) is 31.4 Å². The minimum atomic E-state index is -0.393. The summed E-state index contributed by atoms with van der Waals surface area (Å²) in [6, 6.07) is 3.44. The summed E-state index contributed by atoms with van der Waals surface area (Å²) >= 11 is 0. The molecule has 6 heteroatoms. The first-order valence-corrected chi connectivity index (χ1v) is 7.08. The number of pyridine rings is 1. The summed E-state index contributed by atoms with van der Waals surface area (Å²) in [4.78, 5) is 16.2. The van der Waals surface area contributed by atoms with Crippen LogP contribution in [0.3, 0.4) is 0 Å². The third-order valence-electron chi connectivity index (χ3n) is 4.73. The predicted molar refractivity (Wildman–Crippen MR) is 73.3 cm³/mol. The van der Waals surface area contributed by atoms with Gasteiger partial charge in [0.05, 0.1) is 17.2 Å². The number of nitriles is 1. The molecule has 2 atom stereocenters. The highest BCUT2D eigenvalue weighted by Crippen LogP contribution is 2.49. The van der Waals surface area contributed by atoms with Crippen LogP contribution in [-0.4, -0.2) is 41.4 Å². The van der Waals surface area contributed by atoms with Crippen LogP contribution in [0.4, 0.5) is 0 Å². The smallest absolute Gasteiger partial charge is 0.254 e. The molecule has 1 aliphatic carbocycles. The molecule has 1 saturated carbocycles. The number of hydrogen-bond donors (Lipinski definition) is 2. The first kappa shape index (κ1) is 14.0. The molecule has 2 aliphatic rings. The van der Waals surface area contributed by atoms with Gasteiger partial charge >= 0.3 is 0 Å². The van der Waals surface area contributed by atoms with E-state index in [2.05, 4.69) is 10.3 Å². The zero-order valence-corrected chi connectivity index (χ0v) is 11.6. The Morgan fingerprint density at radius 2 is 2.29 bits per heavy atom. The Labute approximate surface area is 122 Å². The molecule has 110 valence electrons. The van der Waals surface area contributed by atoms with Gasteiger partial charge in [0, 0.05) is 37.1 Å². The summed E-state index contributed by atoms with van der Waals surface area (Å²) in [6.07, 6.45) is 4.54. The van der Waals surface area contributed by atoms with Gasteiger partial charge in [-0.15, -0.1) is 0 Å². The lowest BCUT2D eigenvalue weighted by atomic mass is 9.58. The highest BCUT2D eigenvalue weighted by molar-refractivity contribution is 5.96. The lowest BCUT2D eigenvalue weighted by Crippen LogP contribution is -2.65. The lowest BCUT2D eigenvalue weighted by molar-refractivity contribution is -0.145. The van der Waals surface area contributed by atoms with Crippen LogP contribution in [-0.2, 0) is 4.74 Å². The molecule has 2 fully saturated rings. The van der Waals surface area contributed by atoms with Gasteiger partial charge in [-0.25, -0.2) is 0 Å². The zero-order chi connectivity index (χ0) is 14.9. The van der Waals surface area contributed by atoms with Crippen molar-refractivity contribution >= 4 is 5.91 Å². The molecular weight excluding hydrogens is 270 g/mol. The lowest BCUT2D eigenvalue weighted by Gasteiger charge is -2.55. The van der Waals surface area contributed by atoms with Gasteiger partial charge in [-0.1, -0.05) is 0 Å². The van der Waals surface area contributed by atoms with Gasteiger partial charge in [0.2, 0.25) is 0 Å². The Bertz CT molecular complexity index is 590. The molecule has 21 heavy (non-hydrogen) atoms. The number of aliphatic hydroxyl groups is 1. The molecule has 2 N–H and O–H groups in total. The maximum atomic E-state index is 12.3. The number of aromatic nitrogens is 1. The van der Waals surface area contributed by atoms with Gasteiger partial charge in [0.25, 0.3) is 5.91 Å². The van der Waals surface area contributed by atoms with Crippen molar-refractivity contribution in [3.63, 3.8) is 0 Å². The van der Waals surface area contributed by atoms with Crippen molar-refractivity contribution in [2.75, 3.05) is 13.2 Å². The van der Waals surface area contributed by atoms with Crippen molar-refractivity contribution in [3.05, 3.63) is 29.6 Å². The number of amides is 1. The number of carbonyl (C=O) groups is 1. The number of nitrogens with zero attached hydrogens (tertiary/aromatic N) is 2. The highest BCUT2D eigenvalue weighted by atomic mass is 16.5. The van der Waals surface area contributed by atoms with Crippen molar-refractivity contribution in [2.24, 2.45) is 5.41 Å². The van der Waals surface area contributed by atoms with Crippen LogP contribution in [0.1, 0.15) is 35.2 Å². The molecule has 2 heterocycles. The van der Waals surface area contributed by atoms with Gasteiger partial charge in [0.1, 0.15) is 6.07 Å². The molecule has 0 bridgehead atoms. The maximum absolute atomic E-state index is 12.3. The summed E-state index contributed by atoms with van der Waals surface area (Å²) in [5.74, 6) is -0.303. The SMILES string of the molecule is N#Cc1ccncc1C(=O)N[C@@H]1C[C@@H](O)C12CCOCC2. The maximum Gasteiger partial charge on any atom is 0.254 e. The van der Waals surface area contributed by atoms with Gasteiger partial charge in [-0.3, -0.25) is 9.78 Å². The van der Waals surface area contributed by atoms with Crippen LogP contribution >= 0.6 is 0 Å². The van der Waals surface area contributed by atoms with Crippen molar-refractivity contribution in [1.29, 1.82) is 5.26 Å². The minimum Gasteiger partial charge on any atom is -0.392 e. The largest absolute Gasteiger partial charge is 0.392 e. The van der Waals surface area contributed by atoms with E-state index in [-0.39, 0.29) is 22.9 Å². The van der Waals surface area contributed by atoms with E-state index in [4.69, 9.17) is 10.00 Å². The van der Waals surface area contributed by atoms with Crippen LogP contribution in [0, 0.1) is 16.7 Å². The fourth-order valence-electron chi connectivity index (χ4n) is 3.31. The predicted octanol–water partition coefficient (Wildman–Crippen LogP) is 0.613. The highest BCUT2D eigenvalue weighted by Gasteiger charge is 2.55. The van der Waals surface area contributed by atoms with Crippen LogP contribution in [0.15, 0.2) is 18.5 Å². The van der Waals surface area contributed by atoms with E-state index in [1.54, 1.807) is 0 Å². The summed E-state index contributed by atoms with van der Waals surface area (Å²) < 4.78 is 5.35. The van der Waals surface area contributed by atoms with Crippen LogP contribution in [0.2, 0.25) is 0 Å². The number of rotatable bonds is 2. The van der Waals surface area contributed by atoms with Crippen LogP contribution in [0.5, 0.6) is 0 Å². The number of hydrogen-bond acceptors (Lipinski definition) is 5. The molecule has 1 spiro atoms. The van der Waals surface area contributed by atoms with Crippen molar-refractivity contribution in [3.8, 4) is 6.07 Å².